The van der Waals surface area contributed by atoms with Crippen LogP contribution in [0.25, 0.3) is 23.0 Å². The lowest BCUT2D eigenvalue weighted by Crippen LogP contribution is -1.92. The van der Waals surface area contributed by atoms with Gasteiger partial charge in [-0.05, 0) is 36.2 Å². The van der Waals surface area contributed by atoms with Crippen molar-refractivity contribution in [3.05, 3.63) is 47.1 Å². The first-order valence-corrected chi connectivity index (χ1v) is 6.83. The quantitative estimate of drug-likeness (QED) is 0.798. The van der Waals surface area contributed by atoms with Crippen LogP contribution in [0.1, 0.15) is 12.5 Å². The molecule has 0 aliphatic rings. The van der Waals surface area contributed by atoms with Crippen molar-refractivity contribution in [2.45, 2.75) is 13.3 Å². The Morgan fingerprint density at radius 2 is 2.14 bits per heavy atom. The Morgan fingerprint density at radius 1 is 1.29 bits per heavy atom. The van der Waals surface area contributed by atoms with Gasteiger partial charge in [0.1, 0.15) is 11.4 Å². The molecule has 0 saturated heterocycles. The van der Waals surface area contributed by atoms with E-state index in [9.17, 15) is 5.11 Å². The van der Waals surface area contributed by atoms with E-state index in [1.54, 1.807) is 18.3 Å². The summed E-state index contributed by atoms with van der Waals surface area (Å²) in [7, 11) is 0. The summed E-state index contributed by atoms with van der Waals surface area (Å²) in [6.07, 6.45) is 2.53. The monoisotopic (exact) mass is 301 g/mol. The number of aromatic nitrogens is 3. The highest BCUT2D eigenvalue weighted by Gasteiger charge is 2.15. The van der Waals surface area contributed by atoms with E-state index in [1.807, 2.05) is 19.1 Å². The number of nitrogens with zero attached hydrogens (tertiary/aromatic N) is 3. The normalized spacial score (nSPS) is 10.8. The zero-order valence-electron chi connectivity index (χ0n) is 11.2. The molecule has 21 heavy (non-hydrogen) atoms. The number of halogens is 1. The minimum Gasteiger partial charge on any atom is -0.506 e. The molecule has 1 aromatic carbocycles. The molecule has 3 aromatic rings. The molecule has 0 unspecified atom stereocenters. The number of phenols is 1. The predicted molar refractivity (Wildman–Crippen MR) is 79.0 cm³/mol. The summed E-state index contributed by atoms with van der Waals surface area (Å²) in [6.45, 7) is 2.04. The Labute approximate surface area is 126 Å². The standard InChI is InChI=1S/C15H12ClN3O2/c1-2-9-4-3-7-17-13(9)14-18-15(21-19-14)10-5-6-12(20)11(16)8-10/h3-8,20H,2H2,1H3. The van der Waals surface area contributed by atoms with Crippen molar-refractivity contribution in [1.82, 2.24) is 15.1 Å². The number of pyridine rings is 1. The van der Waals surface area contributed by atoms with E-state index >= 15 is 0 Å². The van der Waals surface area contributed by atoms with Gasteiger partial charge < -0.3 is 9.63 Å². The summed E-state index contributed by atoms with van der Waals surface area (Å²) in [5, 5.41) is 13.6. The molecule has 6 heteroatoms. The fourth-order valence-electron chi connectivity index (χ4n) is 2.00. The van der Waals surface area contributed by atoms with E-state index in [-0.39, 0.29) is 10.8 Å². The number of benzene rings is 1. The molecule has 2 aromatic heterocycles. The summed E-state index contributed by atoms with van der Waals surface area (Å²) in [5.74, 6) is 0.782. The SMILES string of the molecule is CCc1cccnc1-c1noc(-c2ccc(O)c(Cl)c2)n1. The second kappa shape index (κ2) is 5.54. The largest absolute Gasteiger partial charge is 0.506 e. The van der Waals surface area contributed by atoms with Gasteiger partial charge in [-0.2, -0.15) is 4.98 Å². The van der Waals surface area contributed by atoms with Gasteiger partial charge >= 0.3 is 0 Å². The Bertz CT molecular complexity index is 786. The van der Waals surface area contributed by atoms with E-state index in [4.69, 9.17) is 16.1 Å². The highest BCUT2D eigenvalue weighted by Crippen LogP contribution is 2.29. The highest BCUT2D eigenvalue weighted by atomic mass is 35.5. The van der Waals surface area contributed by atoms with Gasteiger partial charge in [0.05, 0.1) is 5.02 Å². The average Bonchev–Trinajstić information content (AvgIpc) is 2.99. The first-order valence-electron chi connectivity index (χ1n) is 6.46. The molecule has 106 valence electrons. The number of rotatable bonds is 3. The van der Waals surface area contributed by atoms with Crippen LogP contribution in [0.3, 0.4) is 0 Å². The van der Waals surface area contributed by atoms with Gasteiger partial charge in [0, 0.05) is 11.8 Å². The van der Waals surface area contributed by atoms with Gasteiger partial charge in [-0.1, -0.05) is 29.7 Å². The summed E-state index contributed by atoms with van der Waals surface area (Å²) >= 11 is 5.88. The average molecular weight is 302 g/mol. The van der Waals surface area contributed by atoms with Crippen molar-refractivity contribution >= 4 is 11.6 Å². The van der Waals surface area contributed by atoms with Crippen LogP contribution in [0.15, 0.2) is 41.1 Å². The van der Waals surface area contributed by atoms with Crippen molar-refractivity contribution < 1.29 is 9.63 Å². The van der Waals surface area contributed by atoms with Gasteiger partial charge in [-0.3, -0.25) is 4.98 Å². The molecule has 2 heterocycles. The highest BCUT2D eigenvalue weighted by molar-refractivity contribution is 6.32. The van der Waals surface area contributed by atoms with E-state index in [0.29, 0.717) is 23.0 Å². The molecule has 0 atom stereocenters. The molecule has 0 bridgehead atoms. The lowest BCUT2D eigenvalue weighted by atomic mass is 10.1. The Hall–Kier alpha value is -2.40. The van der Waals surface area contributed by atoms with E-state index in [0.717, 1.165) is 12.0 Å². The summed E-state index contributed by atoms with van der Waals surface area (Å²) in [5.41, 5.74) is 2.40. The van der Waals surface area contributed by atoms with Crippen LogP contribution in [0.2, 0.25) is 5.02 Å². The van der Waals surface area contributed by atoms with Gasteiger partial charge in [0.2, 0.25) is 5.82 Å². The molecule has 0 amide bonds. The third-order valence-electron chi connectivity index (χ3n) is 3.10. The van der Waals surface area contributed by atoms with Crippen LogP contribution >= 0.6 is 11.6 Å². The van der Waals surface area contributed by atoms with Gasteiger partial charge in [-0.25, -0.2) is 0 Å². The second-order valence-corrected chi connectivity index (χ2v) is 4.86. The predicted octanol–water partition coefficient (Wildman–Crippen LogP) is 3.72. The number of hydrogen-bond acceptors (Lipinski definition) is 5. The maximum absolute atomic E-state index is 9.43. The fraction of sp³-hybridized carbons (Fsp3) is 0.133. The van der Waals surface area contributed by atoms with Crippen LogP contribution in [0, 0.1) is 0 Å². The van der Waals surface area contributed by atoms with Gasteiger partial charge in [0.25, 0.3) is 5.89 Å². The molecule has 5 nitrogen and oxygen atoms in total. The molecule has 1 N–H and O–H groups in total. The van der Waals surface area contributed by atoms with Crippen molar-refractivity contribution in [1.29, 1.82) is 0 Å². The summed E-state index contributed by atoms with van der Waals surface area (Å²) < 4.78 is 5.26. The molecule has 0 aliphatic heterocycles. The third-order valence-corrected chi connectivity index (χ3v) is 3.41. The van der Waals surface area contributed by atoms with E-state index < -0.39 is 0 Å². The van der Waals surface area contributed by atoms with Gasteiger partial charge in [0.15, 0.2) is 0 Å². The van der Waals surface area contributed by atoms with Crippen molar-refractivity contribution in [3.63, 3.8) is 0 Å². The zero-order valence-corrected chi connectivity index (χ0v) is 12.0. The van der Waals surface area contributed by atoms with Crippen LogP contribution in [0.5, 0.6) is 5.75 Å². The molecule has 0 fully saturated rings. The molecular formula is C15H12ClN3O2. The van der Waals surface area contributed by atoms with Crippen molar-refractivity contribution in [2.75, 3.05) is 0 Å². The molecule has 0 radical (unpaired) electrons. The van der Waals surface area contributed by atoms with Crippen LogP contribution in [-0.4, -0.2) is 20.2 Å². The number of aromatic hydroxyl groups is 1. The minimum atomic E-state index is 0.0122. The molecule has 3 rings (SSSR count). The second-order valence-electron chi connectivity index (χ2n) is 4.45. The number of hydrogen-bond donors (Lipinski definition) is 1. The molecule has 0 saturated carbocycles. The van der Waals surface area contributed by atoms with Gasteiger partial charge in [-0.15, -0.1) is 0 Å². The summed E-state index contributed by atoms with van der Waals surface area (Å²) in [6, 6.07) is 8.59. The van der Waals surface area contributed by atoms with Crippen LogP contribution in [-0.2, 0) is 6.42 Å². The molecule has 0 spiro atoms. The minimum absolute atomic E-state index is 0.0122. The lowest BCUT2D eigenvalue weighted by molar-refractivity contribution is 0.432. The first-order chi connectivity index (χ1) is 10.2. The molecular weight excluding hydrogens is 290 g/mol. The van der Waals surface area contributed by atoms with Crippen molar-refractivity contribution in [3.8, 4) is 28.7 Å². The Balaban J connectivity index is 2.01. The topological polar surface area (TPSA) is 72.0 Å². The summed E-state index contributed by atoms with van der Waals surface area (Å²) in [4.78, 5) is 8.66. The van der Waals surface area contributed by atoms with Crippen LogP contribution < -0.4 is 0 Å². The fourth-order valence-corrected chi connectivity index (χ4v) is 2.18. The van der Waals surface area contributed by atoms with Crippen LogP contribution in [0.4, 0.5) is 0 Å². The smallest absolute Gasteiger partial charge is 0.258 e. The first kappa shape index (κ1) is 13.6. The Morgan fingerprint density at radius 3 is 2.90 bits per heavy atom. The van der Waals surface area contributed by atoms with Crippen molar-refractivity contribution in [2.24, 2.45) is 0 Å². The lowest BCUT2D eigenvalue weighted by Gasteiger charge is -2.00. The van der Waals surface area contributed by atoms with E-state index in [1.165, 1.54) is 6.07 Å². The number of aryl methyl sites for hydroxylation is 1. The maximum atomic E-state index is 9.43. The van der Waals surface area contributed by atoms with E-state index in [2.05, 4.69) is 15.1 Å². The Kier molecular flexibility index (Phi) is 3.58. The number of phenolic OH excluding ortho intramolecular Hbond substituents is 1. The molecule has 0 aliphatic carbocycles. The zero-order chi connectivity index (χ0) is 14.8. The maximum Gasteiger partial charge on any atom is 0.258 e. The third kappa shape index (κ3) is 2.60.